The largest absolute Gasteiger partial charge is 0.479 e. The quantitative estimate of drug-likeness (QED) is 0.805. The number of hydrogen-bond donors (Lipinski definition) is 2. The molecule has 1 aromatic rings. The van der Waals surface area contributed by atoms with Crippen LogP contribution in [0.5, 0.6) is 0 Å². The number of carbonyl (C=O) groups is 2. The van der Waals surface area contributed by atoms with Crippen molar-refractivity contribution in [2.75, 3.05) is 6.26 Å². The Hall–Kier alpha value is -1.20. The maximum absolute atomic E-state index is 12.1. The van der Waals surface area contributed by atoms with Crippen LogP contribution in [0.2, 0.25) is 5.02 Å². The number of aliphatic carboxylic acids is 1. The van der Waals surface area contributed by atoms with E-state index in [9.17, 15) is 14.7 Å². The normalized spacial score (nSPS) is 15.0. The van der Waals surface area contributed by atoms with Gasteiger partial charge in [0.25, 0.3) is 0 Å². The lowest BCUT2D eigenvalue weighted by Gasteiger charge is -2.30. The molecule has 0 fully saturated rings. The average molecular weight is 330 g/mol. The lowest BCUT2D eigenvalue weighted by atomic mass is 9.87. The first-order valence-corrected chi connectivity index (χ1v) is 8.35. The number of carbonyl (C=O) groups excluding carboxylic acids is 1. The van der Waals surface area contributed by atoms with Gasteiger partial charge in [-0.05, 0) is 30.4 Å². The van der Waals surface area contributed by atoms with E-state index in [0.717, 1.165) is 0 Å². The topological polar surface area (TPSA) is 66.4 Å². The fraction of sp³-hybridized carbons (Fsp3) is 0.467. The molecule has 0 heterocycles. The van der Waals surface area contributed by atoms with Crippen molar-refractivity contribution in [3.8, 4) is 0 Å². The van der Waals surface area contributed by atoms with Gasteiger partial charge in [0.15, 0.2) is 5.54 Å². The predicted molar refractivity (Wildman–Crippen MR) is 86.8 cm³/mol. The van der Waals surface area contributed by atoms with Crippen molar-refractivity contribution in [1.82, 2.24) is 5.32 Å². The first-order chi connectivity index (χ1) is 9.85. The summed E-state index contributed by atoms with van der Waals surface area (Å²) in [7, 11) is 0. The lowest BCUT2D eigenvalue weighted by molar-refractivity contribution is -0.148. The number of nitrogens with one attached hydrogen (secondary N) is 1. The molecule has 0 aromatic heterocycles. The SMILES string of the molecule is CCC(NC(=O)CC(C)SC)(C(=O)O)c1ccc(Cl)cc1. The third kappa shape index (κ3) is 4.38. The molecule has 1 rings (SSSR count). The molecule has 0 bridgehead atoms. The number of thioether (sulfide) groups is 1. The van der Waals surface area contributed by atoms with E-state index in [1.807, 2.05) is 13.2 Å². The highest BCUT2D eigenvalue weighted by molar-refractivity contribution is 7.99. The van der Waals surface area contributed by atoms with Crippen LogP contribution in [0, 0.1) is 0 Å². The molecule has 0 radical (unpaired) electrons. The Morgan fingerprint density at radius 2 is 1.95 bits per heavy atom. The van der Waals surface area contributed by atoms with Crippen LogP contribution in [0.25, 0.3) is 0 Å². The summed E-state index contributed by atoms with van der Waals surface area (Å²) in [6.45, 7) is 3.67. The van der Waals surface area contributed by atoms with Crippen LogP contribution in [0.3, 0.4) is 0 Å². The van der Waals surface area contributed by atoms with Crippen LogP contribution in [0.15, 0.2) is 24.3 Å². The Labute approximate surface area is 134 Å². The van der Waals surface area contributed by atoms with E-state index in [2.05, 4.69) is 5.32 Å². The van der Waals surface area contributed by atoms with Gasteiger partial charge >= 0.3 is 5.97 Å². The van der Waals surface area contributed by atoms with Crippen molar-refractivity contribution in [1.29, 1.82) is 0 Å². The Kier molecular flexibility index (Phi) is 6.55. The molecular formula is C15H20ClNO3S. The van der Waals surface area contributed by atoms with Gasteiger partial charge in [0.1, 0.15) is 0 Å². The van der Waals surface area contributed by atoms with Crippen LogP contribution in [-0.2, 0) is 15.1 Å². The number of benzene rings is 1. The van der Waals surface area contributed by atoms with Crippen LogP contribution in [-0.4, -0.2) is 28.5 Å². The van der Waals surface area contributed by atoms with Gasteiger partial charge in [-0.3, -0.25) is 4.79 Å². The van der Waals surface area contributed by atoms with E-state index in [1.165, 1.54) is 0 Å². The summed E-state index contributed by atoms with van der Waals surface area (Å²) in [6, 6.07) is 6.53. The van der Waals surface area contributed by atoms with E-state index in [1.54, 1.807) is 43.0 Å². The van der Waals surface area contributed by atoms with E-state index in [0.29, 0.717) is 10.6 Å². The summed E-state index contributed by atoms with van der Waals surface area (Å²) in [5.74, 6) is -1.34. The Balaban J connectivity index is 3.07. The third-order valence-electron chi connectivity index (χ3n) is 3.46. The second kappa shape index (κ2) is 7.71. The number of amides is 1. The summed E-state index contributed by atoms with van der Waals surface area (Å²) in [6.07, 6.45) is 2.45. The molecule has 2 unspecified atom stereocenters. The van der Waals surface area contributed by atoms with Crippen LogP contribution >= 0.6 is 23.4 Å². The van der Waals surface area contributed by atoms with Gasteiger partial charge < -0.3 is 10.4 Å². The number of rotatable bonds is 7. The van der Waals surface area contributed by atoms with Gasteiger partial charge in [-0.2, -0.15) is 11.8 Å². The van der Waals surface area contributed by atoms with E-state index in [4.69, 9.17) is 11.6 Å². The molecule has 2 atom stereocenters. The molecule has 0 aliphatic heterocycles. The van der Waals surface area contributed by atoms with E-state index in [-0.39, 0.29) is 24.0 Å². The number of carboxylic acids is 1. The lowest BCUT2D eigenvalue weighted by Crippen LogP contribution is -2.51. The highest BCUT2D eigenvalue weighted by atomic mass is 35.5. The zero-order valence-electron chi connectivity index (χ0n) is 12.4. The number of carboxylic acid groups (broad SMARTS) is 1. The highest BCUT2D eigenvalue weighted by Crippen LogP contribution is 2.27. The predicted octanol–water partition coefficient (Wildman–Crippen LogP) is 3.29. The fourth-order valence-electron chi connectivity index (χ4n) is 2.06. The van der Waals surface area contributed by atoms with Crippen molar-refractivity contribution < 1.29 is 14.7 Å². The number of hydrogen-bond acceptors (Lipinski definition) is 3. The van der Waals surface area contributed by atoms with Gasteiger partial charge in [-0.25, -0.2) is 4.79 Å². The zero-order chi connectivity index (χ0) is 16.0. The Bertz CT molecular complexity index is 506. The van der Waals surface area contributed by atoms with Gasteiger partial charge in [-0.1, -0.05) is 37.6 Å². The molecule has 6 heteroatoms. The summed E-state index contributed by atoms with van der Waals surface area (Å²) in [5, 5.41) is 13.0. The molecule has 2 N–H and O–H groups in total. The maximum atomic E-state index is 12.1. The molecular weight excluding hydrogens is 310 g/mol. The van der Waals surface area contributed by atoms with Gasteiger partial charge in [0, 0.05) is 16.7 Å². The molecule has 0 aliphatic rings. The van der Waals surface area contributed by atoms with Crippen molar-refractivity contribution in [2.45, 2.75) is 37.5 Å². The van der Waals surface area contributed by atoms with Crippen molar-refractivity contribution in [2.24, 2.45) is 0 Å². The second-order valence-corrected chi connectivity index (χ2v) is 6.58. The Morgan fingerprint density at radius 1 is 1.38 bits per heavy atom. The fourth-order valence-corrected chi connectivity index (χ4v) is 2.50. The van der Waals surface area contributed by atoms with Crippen LogP contribution < -0.4 is 5.32 Å². The summed E-state index contributed by atoms with van der Waals surface area (Å²) in [5.41, 5.74) is -0.896. The standard InChI is InChI=1S/C15H20ClNO3S/c1-4-15(14(19)20,11-5-7-12(16)8-6-11)17-13(18)9-10(2)21-3/h5-8,10H,4,9H2,1-3H3,(H,17,18)(H,19,20). The minimum Gasteiger partial charge on any atom is -0.479 e. The maximum Gasteiger partial charge on any atom is 0.334 e. The molecule has 1 amide bonds. The number of halogens is 1. The minimum absolute atomic E-state index is 0.138. The summed E-state index contributed by atoms with van der Waals surface area (Å²) >= 11 is 7.41. The molecule has 0 aliphatic carbocycles. The second-order valence-electron chi connectivity index (χ2n) is 4.87. The van der Waals surface area contributed by atoms with Crippen LogP contribution in [0.4, 0.5) is 0 Å². The molecule has 1 aromatic carbocycles. The minimum atomic E-state index is -1.42. The van der Waals surface area contributed by atoms with Gasteiger partial charge in [-0.15, -0.1) is 0 Å². The first-order valence-electron chi connectivity index (χ1n) is 6.69. The summed E-state index contributed by atoms with van der Waals surface area (Å²) < 4.78 is 0. The first kappa shape index (κ1) is 17.9. The average Bonchev–Trinajstić information content (AvgIpc) is 2.45. The van der Waals surface area contributed by atoms with E-state index >= 15 is 0 Å². The van der Waals surface area contributed by atoms with Crippen molar-refractivity contribution >= 4 is 35.2 Å². The van der Waals surface area contributed by atoms with E-state index < -0.39 is 11.5 Å². The monoisotopic (exact) mass is 329 g/mol. The molecule has 0 saturated carbocycles. The highest BCUT2D eigenvalue weighted by Gasteiger charge is 2.40. The van der Waals surface area contributed by atoms with Crippen molar-refractivity contribution in [3.63, 3.8) is 0 Å². The molecule has 0 saturated heterocycles. The zero-order valence-corrected chi connectivity index (χ0v) is 13.9. The van der Waals surface area contributed by atoms with Crippen molar-refractivity contribution in [3.05, 3.63) is 34.9 Å². The Morgan fingerprint density at radius 3 is 2.38 bits per heavy atom. The summed E-state index contributed by atoms with van der Waals surface area (Å²) in [4.78, 5) is 23.9. The smallest absolute Gasteiger partial charge is 0.334 e. The molecule has 4 nitrogen and oxygen atoms in total. The van der Waals surface area contributed by atoms with Gasteiger partial charge in [0.05, 0.1) is 0 Å². The molecule has 116 valence electrons. The molecule has 0 spiro atoms. The third-order valence-corrected chi connectivity index (χ3v) is 4.68. The van der Waals surface area contributed by atoms with Crippen LogP contribution in [0.1, 0.15) is 32.3 Å². The van der Waals surface area contributed by atoms with Gasteiger partial charge in [0.2, 0.25) is 5.91 Å². The molecule has 21 heavy (non-hydrogen) atoms.